The maximum absolute atomic E-state index is 11.5. The van der Waals surface area contributed by atoms with Gasteiger partial charge in [-0.1, -0.05) is 43.5 Å². The Morgan fingerprint density at radius 1 is 1.26 bits per heavy atom. The Hall–Kier alpha value is -4.21. The first-order chi connectivity index (χ1) is 20.3. The molecule has 0 bridgehead atoms. The second-order valence-corrected chi connectivity index (χ2v) is 10.5. The summed E-state index contributed by atoms with van der Waals surface area (Å²) < 4.78 is 17.1. The first-order valence-corrected chi connectivity index (χ1v) is 14.2. The molecule has 0 aliphatic carbocycles. The molecule has 0 amide bonds. The van der Waals surface area contributed by atoms with Gasteiger partial charge in [0.2, 0.25) is 5.88 Å². The highest BCUT2D eigenvalue weighted by Crippen LogP contribution is 2.28. The molecule has 9 heteroatoms. The number of allylic oxidation sites excluding steroid dienone is 3. The number of hydrogen-bond donors (Lipinski definition) is 3. The van der Waals surface area contributed by atoms with Gasteiger partial charge in [-0.3, -0.25) is 4.90 Å². The topological polar surface area (TPSA) is 117 Å². The number of aromatic nitrogens is 1. The maximum Gasteiger partial charge on any atom is 0.342 e. The van der Waals surface area contributed by atoms with E-state index >= 15 is 0 Å². The fraction of sp³-hybridized carbons (Fsp3) is 0.364. The van der Waals surface area contributed by atoms with Gasteiger partial charge in [0.05, 0.1) is 12.8 Å². The highest BCUT2D eigenvalue weighted by Gasteiger charge is 2.24. The second kappa shape index (κ2) is 14.6. The maximum atomic E-state index is 11.5. The largest absolute Gasteiger partial charge is 0.488 e. The van der Waals surface area contributed by atoms with E-state index in [1.54, 1.807) is 18.2 Å². The molecule has 2 aliphatic heterocycles. The summed E-state index contributed by atoms with van der Waals surface area (Å²) in [5.74, 6) is -0.472. The van der Waals surface area contributed by atoms with Crippen LogP contribution in [0.4, 0.5) is 5.82 Å². The van der Waals surface area contributed by atoms with Gasteiger partial charge in [0, 0.05) is 37.6 Å². The normalized spacial score (nSPS) is 17.1. The molecular formula is C33H40N4O5. The van der Waals surface area contributed by atoms with Crippen LogP contribution in [0.3, 0.4) is 0 Å². The predicted molar refractivity (Wildman–Crippen MR) is 164 cm³/mol. The number of hydrogen-bond acceptors (Lipinski definition) is 8. The van der Waals surface area contributed by atoms with Crippen LogP contribution in [-0.2, 0) is 38.6 Å². The van der Waals surface area contributed by atoms with Crippen LogP contribution in [-0.4, -0.2) is 60.1 Å². The zero-order valence-corrected chi connectivity index (χ0v) is 24.4. The standard InChI is InChI=1S/C33H40N4O5/c1-5-27(29-9-6-10-30(35-29)36-32(40-4)28(19-34)33(38)39)31(22(2)3)42-21-23-11-12-25-20-37(15-7-8-24(25)18-23)26-13-16-41-17-14-26/h5-6,9-12,18-19,26,34H,1-2,7-8,13-17,20-21H2,3-4H3,(H,35,36)(H,38,39)/b31-27-,32-28-,34-19?. The van der Waals surface area contributed by atoms with Gasteiger partial charge in [0.25, 0.3) is 0 Å². The molecule has 2 aromatic rings. The molecule has 1 fully saturated rings. The smallest absolute Gasteiger partial charge is 0.342 e. The minimum absolute atomic E-state index is 0.0956. The molecule has 9 nitrogen and oxygen atoms in total. The van der Waals surface area contributed by atoms with Crippen LogP contribution in [0.25, 0.3) is 5.57 Å². The van der Waals surface area contributed by atoms with Gasteiger partial charge in [-0.15, -0.1) is 0 Å². The van der Waals surface area contributed by atoms with E-state index < -0.39 is 5.97 Å². The van der Waals surface area contributed by atoms with Gasteiger partial charge in [-0.05, 0) is 73.5 Å². The number of nitrogens with zero attached hydrogens (tertiary/aromatic N) is 2. The molecule has 222 valence electrons. The number of anilines is 1. The summed E-state index contributed by atoms with van der Waals surface area (Å²) >= 11 is 0. The van der Waals surface area contributed by atoms with Crippen LogP contribution in [0.2, 0.25) is 0 Å². The van der Waals surface area contributed by atoms with E-state index in [1.165, 1.54) is 18.2 Å². The molecule has 3 heterocycles. The molecule has 42 heavy (non-hydrogen) atoms. The first-order valence-electron chi connectivity index (χ1n) is 14.2. The zero-order chi connectivity index (χ0) is 30.1. The Bertz CT molecular complexity index is 1390. The summed E-state index contributed by atoms with van der Waals surface area (Å²) in [5, 5.41) is 19.6. The fourth-order valence-electron chi connectivity index (χ4n) is 5.41. The summed E-state index contributed by atoms with van der Waals surface area (Å²) in [4.78, 5) is 18.7. The minimum Gasteiger partial charge on any atom is -0.488 e. The molecule has 3 N–H and O–H groups in total. The van der Waals surface area contributed by atoms with Crippen LogP contribution in [0.1, 0.15) is 48.6 Å². The average Bonchev–Trinajstić information content (AvgIpc) is 3.21. The fourth-order valence-corrected chi connectivity index (χ4v) is 5.41. The van der Waals surface area contributed by atoms with Crippen molar-refractivity contribution in [3.8, 4) is 0 Å². The molecule has 0 unspecified atom stereocenters. The molecule has 0 atom stereocenters. The summed E-state index contributed by atoms with van der Waals surface area (Å²) in [6, 6.07) is 12.5. The van der Waals surface area contributed by atoms with E-state index in [1.807, 2.05) is 13.0 Å². The van der Waals surface area contributed by atoms with Crippen molar-refractivity contribution in [2.24, 2.45) is 0 Å². The van der Waals surface area contributed by atoms with Crippen molar-refractivity contribution in [1.29, 1.82) is 5.41 Å². The van der Waals surface area contributed by atoms with Crippen LogP contribution in [0.15, 0.2) is 78.4 Å². The van der Waals surface area contributed by atoms with Crippen molar-refractivity contribution < 1.29 is 24.1 Å². The van der Waals surface area contributed by atoms with Crippen LogP contribution >= 0.6 is 0 Å². The van der Waals surface area contributed by atoms with Gasteiger partial charge in [-0.25, -0.2) is 9.78 Å². The third kappa shape index (κ3) is 7.54. The number of carboxylic acids is 1. The molecular weight excluding hydrogens is 532 g/mol. The van der Waals surface area contributed by atoms with Crippen molar-refractivity contribution in [2.45, 2.75) is 51.8 Å². The Morgan fingerprint density at radius 3 is 2.71 bits per heavy atom. The third-order valence-corrected chi connectivity index (χ3v) is 7.55. The van der Waals surface area contributed by atoms with Crippen LogP contribution in [0.5, 0.6) is 0 Å². The number of carboxylic acid groups (broad SMARTS) is 1. The number of methoxy groups -OCH3 is 1. The predicted octanol–water partition coefficient (Wildman–Crippen LogP) is 5.70. The highest BCUT2D eigenvalue weighted by molar-refractivity contribution is 6.08. The molecule has 1 aromatic heterocycles. The molecule has 0 saturated carbocycles. The lowest BCUT2D eigenvalue weighted by Gasteiger charge is -2.33. The Kier molecular flexibility index (Phi) is 10.7. The van der Waals surface area contributed by atoms with Gasteiger partial charge in [0.15, 0.2) is 0 Å². The molecule has 0 spiro atoms. The van der Waals surface area contributed by atoms with Crippen molar-refractivity contribution in [2.75, 3.05) is 32.2 Å². The van der Waals surface area contributed by atoms with Crippen LogP contribution in [0, 0.1) is 5.41 Å². The number of aliphatic carboxylic acids is 1. The third-order valence-electron chi connectivity index (χ3n) is 7.55. The highest BCUT2D eigenvalue weighted by atomic mass is 16.5. The number of benzene rings is 1. The van der Waals surface area contributed by atoms with Crippen molar-refractivity contribution >= 4 is 23.6 Å². The molecule has 1 saturated heterocycles. The quantitative estimate of drug-likeness (QED) is 0.128. The van der Waals surface area contributed by atoms with E-state index in [9.17, 15) is 9.90 Å². The Balaban J connectivity index is 1.53. The molecule has 2 aliphatic rings. The van der Waals surface area contributed by atoms with Crippen molar-refractivity contribution in [3.05, 3.63) is 101 Å². The Morgan fingerprint density at radius 2 is 2.05 bits per heavy atom. The number of nitrogens with one attached hydrogen (secondary N) is 2. The average molecular weight is 573 g/mol. The van der Waals surface area contributed by atoms with Gasteiger partial charge < -0.3 is 30.0 Å². The summed E-state index contributed by atoms with van der Waals surface area (Å²) in [7, 11) is 1.32. The number of aryl methyl sites for hydroxylation is 1. The lowest BCUT2D eigenvalue weighted by Crippen LogP contribution is -2.39. The summed E-state index contributed by atoms with van der Waals surface area (Å²) in [6.07, 6.45) is 6.78. The van der Waals surface area contributed by atoms with Crippen LogP contribution < -0.4 is 5.32 Å². The molecule has 1 aromatic carbocycles. The summed E-state index contributed by atoms with van der Waals surface area (Å²) in [5.41, 5.74) is 5.46. The SMILES string of the molecule is C=C/C(=C(/OCc1ccc2c(c1)CCCN(C1CCOCC1)C2)C(=C)C)c1cccc(N/C(OC)=C(\C=N)C(=O)O)n1. The van der Waals surface area contributed by atoms with Gasteiger partial charge in [0.1, 0.15) is 23.8 Å². The second-order valence-electron chi connectivity index (χ2n) is 10.5. The van der Waals surface area contributed by atoms with E-state index in [0.717, 1.165) is 63.1 Å². The summed E-state index contributed by atoms with van der Waals surface area (Å²) in [6.45, 7) is 14.1. The van der Waals surface area contributed by atoms with E-state index in [2.05, 4.69) is 46.6 Å². The number of fused-ring (bicyclic) bond motifs is 1. The minimum atomic E-state index is -1.29. The van der Waals surface area contributed by atoms with Crippen molar-refractivity contribution in [3.63, 3.8) is 0 Å². The first kappa shape index (κ1) is 30.7. The number of ether oxygens (including phenoxy) is 3. The zero-order valence-electron chi connectivity index (χ0n) is 24.4. The lowest BCUT2D eigenvalue weighted by atomic mass is 10.0. The number of pyridine rings is 1. The van der Waals surface area contributed by atoms with Gasteiger partial charge in [-0.2, -0.15) is 0 Å². The number of carbonyl (C=O) groups is 1. The molecule has 4 rings (SSSR count). The van der Waals surface area contributed by atoms with Crippen molar-refractivity contribution in [1.82, 2.24) is 9.88 Å². The van der Waals surface area contributed by atoms with E-state index in [-0.39, 0.29) is 11.5 Å². The monoisotopic (exact) mass is 572 g/mol. The van der Waals surface area contributed by atoms with E-state index in [4.69, 9.17) is 19.6 Å². The van der Waals surface area contributed by atoms with Gasteiger partial charge >= 0.3 is 5.97 Å². The molecule has 0 radical (unpaired) electrons. The lowest BCUT2D eigenvalue weighted by molar-refractivity contribution is -0.132. The van der Waals surface area contributed by atoms with E-state index in [0.29, 0.717) is 41.7 Å². The Labute approximate surface area is 247 Å². The number of rotatable bonds is 12.